The van der Waals surface area contributed by atoms with Crippen molar-refractivity contribution in [1.29, 1.82) is 0 Å². The fraction of sp³-hybridized carbons (Fsp3) is 0.273. The summed E-state index contributed by atoms with van der Waals surface area (Å²) in [6.45, 7) is 1.64. The molecule has 0 radical (unpaired) electrons. The molecular formula is C11H11FO4. The van der Waals surface area contributed by atoms with E-state index >= 15 is 0 Å². The second kappa shape index (κ2) is 5.25. The molecule has 0 fully saturated rings. The summed E-state index contributed by atoms with van der Waals surface area (Å²) in [4.78, 5) is 21.3. The number of carboxylic acid groups (broad SMARTS) is 1. The van der Waals surface area contributed by atoms with Crippen molar-refractivity contribution < 1.29 is 23.8 Å². The summed E-state index contributed by atoms with van der Waals surface area (Å²) in [6.07, 6.45) is -0.359. The number of halogens is 1. The molecule has 1 N–H and O–H groups in total. The van der Waals surface area contributed by atoms with Gasteiger partial charge in [-0.1, -0.05) is 6.92 Å². The molecule has 0 spiro atoms. The van der Waals surface area contributed by atoms with Crippen molar-refractivity contribution in [2.45, 2.75) is 19.4 Å². The van der Waals surface area contributed by atoms with Crippen LogP contribution in [0.4, 0.5) is 4.39 Å². The van der Waals surface area contributed by atoms with E-state index in [1.165, 1.54) is 6.07 Å². The average molecular weight is 226 g/mol. The Morgan fingerprint density at radius 1 is 1.62 bits per heavy atom. The van der Waals surface area contributed by atoms with Gasteiger partial charge in [0.1, 0.15) is 11.6 Å². The molecule has 4 nitrogen and oxygen atoms in total. The van der Waals surface area contributed by atoms with E-state index in [2.05, 4.69) is 0 Å². The summed E-state index contributed by atoms with van der Waals surface area (Å²) in [5.74, 6) is -1.62. The lowest BCUT2D eigenvalue weighted by Crippen LogP contribution is -2.26. The third-order valence-corrected chi connectivity index (χ3v) is 2.01. The Hall–Kier alpha value is -1.91. The molecule has 5 heteroatoms. The highest BCUT2D eigenvalue weighted by atomic mass is 19.1. The van der Waals surface area contributed by atoms with Crippen LogP contribution < -0.4 is 4.74 Å². The van der Waals surface area contributed by atoms with Gasteiger partial charge in [-0.25, -0.2) is 9.18 Å². The van der Waals surface area contributed by atoms with Crippen molar-refractivity contribution in [1.82, 2.24) is 0 Å². The summed E-state index contributed by atoms with van der Waals surface area (Å²) < 4.78 is 17.9. The zero-order valence-electron chi connectivity index (χ0n) is 8.64. The lowest BCUT2D eigenvalue weighted by Gasteiger charge is -2.14. The topological polar surface area (TPSA) is 63.6 Å². The fourth-order valence-corrected chi connectivity index (χ4v) is 1.18. The Bertz CT molecular complexity index is 403. The number of ether oxygens (including phenoxy) is 1. The van der Waals surface area contributed by atoms with Gasteiger partial charge in [0.05, 0.1) is 5.56 Å². The van der Waals surface area contributed by atoms with E-state index in [4.69, 9.17) is 9.84 Å². The van der Waals surface area contributed by atoms with Crippen LogP contribution in [0.25, 0.3) is 0 Å². The first-order valence-electron chi connectivity index (χ1n) is 4.72. The Morgan fingerprint density at radius 2 is 2.31 bits per heavy atom. The molecule has 1 unspecified atom stereocenters. The van der Waals surface area contributed by atoms with Crippen molar-refractivity contribution in [2.24, 2.45) is 0 Å². The van der Waals surface area contributed by atoms with E-state index in [9.17, 15) is 14.0 Å². The summed E-state index contributed by atoms with van der Waals surface area (Å²) in [7, 11) is 0. The first-order chi connectivity index (χ1) is 7.58. The van der Waals surface area contributed by atoms with Crippen LogP contribution in [0.2, 0.25) is 0 Å². The molecule has 1 rings (SSSR count). The highest BCUT2D eigenvalue weighted by molar-refractivity contribution is 5.80. The molecule has 1 aromatic rings. The molecule has 86 valence electrons. The van der Waals surface area contributed by atoms with E-state index in [1.54, 1.807) is 6.92 Å². The predicted octanol–water partition coefficient (Wildman–Crippen LogP) is 1.88. The Morgan fingerprint density at radius 3 is 2.81 bits per heavy atom. The highest BCUT2D eigenvalue weighted by Gasteiger charge is 2.18. The van der Waals surface area contributed by atoms with Gasteiger partial charge < -0.3 is 9.84 Å². The van der Waals surface area contributed by atoms with Crippen LogP contribution in [0, 0.1) is 5.82 Å². The van der Waals surface area contributed by atoms with Crippen LogP contribution >= 0.6 is 0 Å². The van der Waals surface area contributed by atoms with Crippen molar-refractivity contribution in [3.63, 3.8) is 0 Å². The van der Waals surface area contributed by atoms with E-state index in [0.717, 1.165) is 12.1 Å². The molecule has 0 aliphatic rings. The first kappa shape index (κ1) is 12.2. The van der Waals surface area contributed by atoms with Gasteiger partial charge in [0.2, 0.25) is 0 Å². The molecule has 0 aliphatic heterocycles. The fourth-order valence-electron chi connectivity index (χ4n) is 1.18. The highest BCUT2D eigenvalue weighted by Crippen LogP contribution is 2.20. The van der Waals surface area contributed by atoms with Crippen molar-refractivity contribution in [3.05, 3.63) is 29.6 Å². The zero-order chi connectivity index (χ0) is 12.1. The maximum absolute atomic E-state index is 12.8. The lowest BCUT2D eigenvalue weighted by atomic mass is 10.2. The smallest absolute Gasteiger partial charge is 0.344 e. The number of hydrogen-bond donors (Lipinski definition) is 1. The molecule has 1 aromatic carbocycles. The average Bonchev–Trinajstić information content (AvgIpc) is 2.26. The van der Waals surface area contributed by atoms with E-state index in [0.29, 0.717) is 6.29 Å². The largest absolute Gasteiger partial charge is 0.479 e. The minimum absolute atomic E-state index is 0.000278. The van der Waals surface area contributed by atoms with Gasteiger partial charge in [0.25, 0.3) is 0 Å². The van der Waals surface area contributed by atoms with Crippen LogP contribution in [-0.4, -0.2) is 23.5 Å². The molecule has 1 atom stereocenters. The molecule has 0 saturated carbocycles. The molecule has 0 saturated heterocycles. The molecule has 16 heavy (non-hydrogen) atoms. The number of aldehydes is 1. The SMILES string of the molecule is CCC(Oc1ccc(F)cc1C=O)C(=O)O. The minimum atomic E-state index is -1.12. The van der Waals surface area contributed by atoms with Crippen molar-refractivity contribution in [3.8, 4) is 5.75 Å². The second-order valence-electron chi connectivity index (χ2n) is 3.15. The van der Waals surface area contributed by atoms with Gasteiger partial charge in [0.15, 0.2) is 12.4 Å². The van der Waals surface area contributed by atoms with Crippen LogP contribution in [-0.2, 0) is 4.79 Å². The molecule has 0 heterocycles. The Balaban J connectivity index is 2.95. The summed E-state index contributed by atoms with van der Waals surface area (Å²) >= 11 is 0. The van der Waals surface area contributed by atoms with Gasteiger partial charge in [-0.15, -0.1) is 0 Å². The van der Waals surface area contributed by atoms with E-state index in [1.807, 2.05) is 0 Å². The Labute approximate surface area is 91.7 Å². The zero-order valence-corrected chi connectivity index (χ0v) is 8.64. The minimum Gasteiger partial charge on any atom is -0.479 e. The lowest BCUT2D eigenvalue weighted by molar-refractivity contribution is -0.145. The van der Waals surface area contributed by atoms with Gasteiger partial charge >= 0.3 is 5.97 Å². The van der Waals surface area contributed by atoms with Crippen LogP contribution in [0.5, 0.6) is 5.75 Å². The van der Waals surface area contributed by atoms with Crippen molar-refractivity contribution >= 4 is 12.3 Å². The number of rotatable bonds is 5. The molecule has 0 amide bonds. The number of aliphatic carboxylic acids is 1. The molecule has 0 bridgehead atoms. The molecular weight excluding hydrogens is 215 g/mol. The standard InChI is InChI=1S/C11H11FO4/c1-2-9(11(14)15)16-10-4-3-8(12)5-7(10)6-13/h3-6,9H,2H2,1H3,(H,14,15). The van der Waals surface area contributed by atoms with Crippen LogP contribution in [0.15, 0.2) is 18.2 Å². The summed E-state index contributed by atoms with van der Waals surface area (Å²) in [5, 5.41) is 8.77. The summed E-state index contributed by atoms with van der Waals surface area (Å²) in [6, 6.07) is 3.35. The molecule has 0 aromatic heterocycles. The van der Waals surface area contributed by atoms with Gasteiger partial charge in [0, 0.05) is 0 Å². The third-order valence-electron chi connectivity index (χ3n) is 2.01. The quantitative estimate of drug-likeness (QED) is 0.778. The maximum Gasteiger partial charge on any atom is 0.344 e. The van der Waals surface area contributed by atoms with Gasteiger partial charge in [-0.2, -0.15) is 0 Å². The van der Waals surface area contributed by atoms with Gasteiger partial charge in [-0.3, -0.25) is 4.79 Å². The van der Waals surface area contributed by atoms with E-state index < -0.39 is 17.9 Å². The number of carbonyl (C=O) groups excluding carboxylic acids is 1. The van der Waals surface area contributed by atoms with Crippen molar-refractivity contribution in [2.75, 3.05) is 0 Å². The predicted molar refractivity (Wildman–Crippen MR) is 54.1 cm³/mol. The normalized spacial score (nSPS) is 11.9. The third kappa shape index (κ3) is 2.79. The van der Waals surface area contributed by atoms with Crippen LogP contribution in [0.3, 0.4) is 0 Å². The summed E-state index contributed by atoms with van der Waals surface area (Å²) in [5.41, 5.74) is -0.000278. The second-order valence-corrected chi connectivity index (χ2v) is 3.15. The monoisotopic (exact) mass is 226 g/mol. The number of benzene rings is 1. The first-order valence-corrected chi connectivity index (χ1v) is 4.72. The van der Waals surface area contributed by atoms with Crippen LogP contribution in [0.1, 0.15) is 23.7 Å². The van der Waals surface area contributed by atoms with E-state index in [-0.39, 0.29) is 17.7 Å². The number of hydrogen-bond acceptors (Lipinski definition) is 3. The maximum atomic E-state index is 12.8. The molecule has 0 aliphatic carbocycles. The number of carbonyl (C=O) groups is 2. The van der Waals surface area contributed by atoms with Gasteiger partial charge in [-0.05, 0) is 24.6 Å². The number of carboxylic acids is 1. The Kier molecular flexibility index (Phi) is 3.99.